The Morgan fingerprint density at radius 3 is 2.44 bits per heavy atom. The number of nitrogens with zero attached hydrogens (tertiary/aromatic N) is 1. The van der Waals surface area contributed by atoms with E-state index in [0.29, 0.717) is 44.2 Å². The maximum atomic E-state index is 12.6. The highest BCUT2D eigenvalue weighted by atomic mass is 31.1. The SMILES string of the molecule is O=C(NC(CCCO[P+](=O)CC(=O)N1CCC[C@H]1C(=O)O)Cc1ccccc1)c1ccccc1. The van der Waals surface area contributed by atoms with Crippen LogP contribution in [0, 0.1) is 0 Å². The minimum Gasteiger partial charge on any atom is -0.480 e. The first-order chi connectivity index (χ1) is 16.4. The van der Waals surface area contributed by atoms with Gasteiger partial charge in [0, 0.05) is 18.2 Å². The Bertz CT molecular complexity index is 985. The number of carbonyl (C=O) groups is 3. The fourth-order valence-corrected chi connectivity index (χ4v) is 4.87. The molecule has 0 aliphatic carbocycles. The van der Waals surface area contributed by atoms with Gasteiger partial charge in [0.2, 0.25) is 0 Å². The van der Waals surface area contributed by atoms with Crippen molar-refractivity contribution in [3.05, 3.63) is 71.8 Å². The van der Waals surface area contributed by atoms with Crippen LogP contribution in [0.1, 0.15) is 41.6 Å². The van der Waals surface area contributed by atoms with Crippen molar-refractivity contribution in [2.45, 2.75) is 44.2 Å². The quantitative estimate of drug-likeness (QED) is 0.351. The van der Waals surface area contributed by atoms with Crippen molar-refractivity contribution in [3.8, 4) is 0 Å². The molecule has 2 aromatic carbocycles. The molecular weight excluding hydrogens is 455 g/mol. The minimum atomic E-state index is -2.23. The summed E-state index contributed by atoms with van der Waals surface area (Å²) in [6.45, 7) is 0.540. The third-order valence-corrected chi connectivity index (χ3v) is 6.75. The molecule has 1 fully saturated rings. The first-order valence-electron chi connectivity index (χ1n) is 11.4. The van der Waals surface area contributed by atoms with Crippen LogP contribution in [-0.4, -0.2) is 59.2 Å². The smallest absolute Gasteiger partial charge is 0.480 e. The lowest BCUT2D eigenvalue weighted by molar-refractivity contribution is -0.147. The van der Waals surface area contributed by atoms with Crippen molar-refractivity contribution in [2.24, 2.45) is 0 Å². The summed E-state index contributed by atoms with van der Waals surface area (Å²) in [4.78, 5) is 37.5. The van der Waals surface area contributed by atoms with Crippen molar-refractivity contribution < 1.29 is 28.6 Å². The van der Waals surface area contributed by atoms with E-state index in [2.05, 4.69) is 5.32 Å². The van der Waals surface area contributed by atoms with Crippen LogP contribution >= 0.6 is 8.03 Å². The second kappa shape index (κ2) is 13.0. The molecule has 0 radical (unpaired) electrons. The van der Waals surface area contributed by atoms with Crippen LogP contribution < -0.4 is 5.32 Å². The molecule has 1 aliphatic heterocycles. The molecule has 2 unspecified atom stereocenters. The molecule has 180 valence electrons. The van der Waals surface area contributed by atoms with E-state index in [1.807, 2.05) is 48.5 Å². The van der Waals surface area contributed by atoms with Crippen molar-refractivity contribution >= 4 is 25.8 Å². The van der Waals surface area contributed by atoms with Gasteiger partial charge in [0.05, 0.1) is 0 Å². The average Bonchev–Trinajstić information content (AvgIpc) is 3.34. The van der Waals surface area contributed by atoms with Gasteiger partial charge in [-0.3, -0.25) is 9.59 Å². The van der Waals surface area contributed by atoms with Gasteiger partial charge >= 0.3 is 14.0 Å². The Morgan fingerprint density at radius 1 is 1.09 bits per heavy atom. The van der Waals surface area contributed by atoms with Gasteiger partial charge < -0.3 is 15.3 Å². The van der Waals surface area contributed by atoms with E-state index in [1.54, 1.807) is 12.1 Å². The summed E-state index contributed by atoms with van der Waals surface area (Å²) in [5, 5.41) is 12.3. The Hall–Kier alpha value is -3.09. The van der Waals surface area contributed by atoms with Crippen molar-refractivity contribution in [1.29, 1.82) is 0 Å². The predicted octanol–water partition coefficient (Wildman–Crippen LogP) is 3.64. The molecule has 3 rings (SSSR count). The number of rotatable bonds is 12. The number of carboxylic acids is 1. The van der Waals surface area contributed by atoms with Gasteiger partial charge in [-0.05, 0) is 54.4 Å². The van der Waals surface area contributed by atoms with E-state index in [1.165, 1.54) is 4.90 Å². The average molecular weight is 485 g/mol. The van der Waals surface area contributed by atoms with Crippen molar-refractivity contribution in [1.82, 2.24) is 10.2 Å². The molecule has 0 bridgehead atoms. The van der Waals surface area contributed by atoms with Crippen LogP contribution in [0.3, 0.4) is 0 Å². The normalized spacial score (nSPS) is 16.6. The standard InChI is InChI=1S/C25H29N2O6P/c28-23(27-15-7-14-22(27)25(30)31)18-34(32)33-16-8-13-21(17-19-9-3-1-4-10-19)26-24(29)20-11-5-2-6-12-20/h1-6,9-12,21-22H,7-8,13-18H2,(H-,26,29,30,31)/p+1/t21?,22-/m0/s1. The summed E-state index contributed by atoms with van der Waals surface area (Å²) in [5.41, 5.74) is 1.68. The van der Waals surface area contributed by atoms with Gasteiger partial charge in [-0.15, -0.1) is 4.52 Å². The fraction of sp³-hybridized carbons (Fsp3) is 0.400. The number of amides is 2. The number of hydrogen-bond donors (Lipinski definition) is 2. The molecule has 34 heavy (non-hydrogen) atoms. The summed E-state index contributed by atoms with van der Waals surface area (Å²) < 4.78 is 17.6. The largest absolute Gasteiger partial charge is 0.518 e. The number of likely N-dealkylation sites (tertiary alicyclic amines) is 1. The molecule has 2 aromatic rings. The van der Waals surface area contributed by atoms with Crippen LogP contribution in [0.25, 0.3) is 0 Å². The highest BCUT2D eigenvalue weighted by molar-refractivity contribution is 7.40. The zero-order valence-electron chi connectivity index (χ0n) is 19.0. The molecule has 1 saturated heterocycles. The lowest BCUT2D eigenvalue weighted by atomic mass is 10.0. The minimum absolute atomic E-state index is 0.140. The monoisotopic (exact) mass is 485 g/mol. The fourth-order valence-electron chi connectivity index (χ4n) is 4.05. The molecular formula is C25H30N2O6P+. The summed E-state index contributed by atoms with van der Waals surface area (Å²) in [7, 11) is -2.23. The Morgan fingerprint density at radius 2 is 1.76 bits per heavy atom. The maximum absolute atomic E-state index is 12.6. The second-order valence-electron chi connectivity index (χ2n) is 8.28. The summed E-state index contributed by atoms with van der Waals surface area (Å²) in [6.07, 6.45) is 2.52. The molecule has 2 N–H and O–H groups in total. The zero-order valence-corrected chi connectivity index (χ0v) is 19.9. The van der Waals surface area contributed by atoms with Crippen LogP contribution in [-0.2, 0) is 25.1 Å². The lowest BCUT2D eigenvalue weighted by Crippen LogP contribution is -2.41. The number of hydrogen-bond acceptors (Lipinski definition) is 5. The molecule has 0 aromatic heterocycles. The zero-order chi connectivity index (χ0) is 24.3. The molecule has 1 heterocycles. The van der Waals surface area contributed by atoms with Gasteiger partial charge in [0.25, 0.3) is 18.0 Å². The molecule has 1 aliphatic rings. The molecule has 3 atom stereocenters. The number of aliphatic carboxylic acids is 1. The molecule has 0 spiro atoms. The third-order valence-electron chi connectivity index (χ3n) is 5.75. The summed E-state index contributed by atoms with van der Waals surface area (Å²) in [6, 6.07) is 17.9. The van der Waals surface area contributed by atoms with Crippen LogP contribution in [0.4, 0.5) is 0 Å². The van der Waals surface area contributed by atoms with Gasteiger partial charge in [0.1, 0.15) is 12.6 Å². The Labute approximate surface area is 200 Å². The van der Waals surface area contributed by atoms with Crippen LogP contribution in [0.5, 0.6) is 0 Å². The second-order valence-corrected chi connectivity index (χ2v) is 9.52. The topological polar surface area (TPSA) is 113 Å². The van der Waals surface area contributed by atoms with Gasteiger partial charge in [-0.25, -0.2) is 4.79 Å². The maximum Gasteiger partial charge on any atom is 0.518 e. The molecule has 0 saturated carbocycles. The Kier molecular flexibility index (Phi) is 9.74. The molecule has 8 nitrogen and oxygen atoms in total. The van der Waals surface area contributed by atoms with Crippen LogP contribution in [0.15, 0.2) is 60.7 Å². The van der Waals surface area contributed by atoms with E-state index < -0.39 is 25.9 Å². The van der Waals surface area contributed by atoms with E-state index in [0.717, 1.165) is 5.56 Å². The van der Waals surface area contributed by atoms with Crippen molar-refractivity contribution in [2.75, 3.05) is 19.3 Å². The number of carbonyl (C=O) groups excluding carboxylic acids is 2. The Balaban J connectivity index is 1.47. The number of carboxylic acid groups (broad SMARTS) is 1. The van der Waals surface area contributed by atoms with Gasteiger partial charge in [0.15, 0.2) is 0 Å². The molecule has 2 amide bonds. The van der Waals surface area contributed by atoms with E-state index >= 15 is 0 Å². The number of nitrogens with one attached hydrogen (secondary N) is 1. The highest BCUT2D eigenvalue weighted by Crippen LogP contribution is 2.26. The lowest BCUT2D eigenvalue weighted by Gasteiger charge is -2.19. The van der Waals surface area contributed by atoms with Gasteiger partial charge in [-0.1, -0.05) is 48.5 Å². The predicted molar refractivity (Wildman–Crippen MR) is 128 cm³/mol. The molecule has 9 heteroatoms. The van der Waals surface area contributed by atoms with E-state index in [4.69, 9.17) is 4.52 Å². The van der Waals surface area contributed by atoms with Gasteiger partial charge in [-0.2, -0.15) is 0 Å². The highest BCUT2D eigenvalue weighted by Gasteiger charge is 2.37. The number of benzene rings is 2. The first kappa shape index (κ1) is 25.5. The van der Waals surface area contributed by atoms with E-state index in [9.17, 15) is 24.1 Å². The van der Waals surface area contributed by atoms with E-state index in [-0.39, 0.29) is 24.7 Å². The summed E-state index contributed by atoms with van der Waals surface area (Å²) in [5.74, 6) is -1.65. The first-order valence-corrected chi connectivity index (χ1v) is 12.8. The summed E-state index contributed by atoms with van der Waals surface area (Å²) >= 11 is 0. The van der Waals surface area contributed by atoms with Crippen LogP contribution in [0.2, 0.25) is 0 Å². The van der Waals surface area contributed by atoms with Crippen molar-refractivity contribution in [3.63, 3.8) is 0 Å². The third kappa shape index (κ3) is 7.75.